The molecule has 0 heterocycles. The molecule has 0 aromatic heterocycles. The molecule has 0 saturated heterocycles. The summed E-state index contributed by atoms with van der Waals surface area (Å²) in [5.41, 5.74) is 2.13. The van der Waals surface area contributed by atoms with E-state index in [0.717, 1.165) is 32.7 Å². The molecule has 1 N–H and O–H groups in total. The molecule has 4 heteroatoms. The minimum atomic E-state index is -0.918. The molecule has 0 amide bonds. The van der Waals surface area contributed by atoms with Crippen LogP contribution in [0.2, 0.25) is 0 Å². The van der Waals surface area contributed by atoms with E-state index in [1.54, 1.807) is 0 Å². The van der Waals surface area contributed by atoms with Gasteiger partial charge in [-0.15, -0.1) is 0 Å². The number of ether oxygens (including phenoxy) is 1. The Morgan fingerprint density at radius 3 is 2.38 bits per heavy atom. The van der Waals surface area contributed by atoms with Crippen LogP contribution in [0.3, 0.4) is 0 Å². The first-order valence-electron chi connectivity index (χ1n) is 10.00. The number of carboxylic acid groups (broad SMARTS) is 1. The average molecular weight is 386 g/mol. The molecule has 1 fully saturated rings. The molecule has 0 aliphatic heterocycles. The topological polar surface area (TPSA) is 63.6 Å². The number of esters is 1. The number of hydrogen-bond donors (Lipinski definition) is 1. The molecule has 0 radical (unpaired) electrons. The van der Waals surface area contributed by atoms with Gasteiger partial charge in [-0.25, -0.2) is 0 Å². The summed E-state index contributed by atoms with van der Waals surface area (Å²) in [5, 5.41) is 13.5. The Kier molecular flexibility index (Phi) is 3.98. The van der Waals surface area contributed by atoms with E-state index in [9.17, 15) is 14.7 Å². The fourth-order valence-electron chi connectivity index (χ4n) is 5.24. The van der Waals surface area contributed by atoms with E-state index in [1.165, 1.54) is 0 Å². The monoisotopic (exact) mass is 386 g/mol. The minimum Gasteiger partial charge on any atom is -0.481 e. The van der Waals surface area contributed by atoms with Crippen LogP contribution in [0.1, 0.15) is 17.5 Å². The Hall–Kier alpha value is -3.14. The van der Waals surface area contributed by atoms with Gasteiger partial charge in [0.15, 0.2) is 0 Å². The minimum absolute atomic E-state index is 0.0577. The second kappa shape index (κ2) is 6.45. The van der Waals surface area contributed by atoms with Gasteiger partial charge in [-0.2, -0.15) is 0 Å². The van der Waals surface area contributed by atoms with Crippen LogP contribution in [0.4, 0.5) is 0 Å². The predicted octanol–water partition coefficient (Wildman–Crippen LogP) is 5.04. The number of allylic oxidation sites excluding steroid dienone is 2. The van der Waals surface area contributed by atoms with Gasteiger partial charge in [0.05, 0.1) is 11.8 Å². The zero-order valence-electron chi connectivity index (χ0n) is 16.4. The van der Waals surface area contributed by atoms with E-state index in [1.807, 2.05) is 62.4 Å². The lowest BCUT2D eigenvalue weighted by molar-refractivity contribution is -0.152. The van der Waals surface area contributed by atoms with Crippen LogP contribution in [-0.2, 0) is 9.59 Å². The van der Waals surface area contributed by atoms with E-state index in [2.05, 4.69) is 6.07 Å². The van der Waals surface area contributed by atoms with Crippen molar-refractivity contribution < 1.29 is 19.4 Å². The van der Waals surface area contributed by atoms with Gasteiger partial charge in [-0.1, -0.05) is 48.6 Å². The highest BCUT2D eigenvalue weighted by Gasteiger charge is 2.52. The van der Waals surface area contributed by atoms with E-state index in [-0.39, 0.29) is 11.8 Å². The van der Waals surface area contributed by atoms with Crippen LogP contribution in [0, 0.1) is 37.5 Å². The molecule has 2 bridgehead atoms. The summed E-state index contributed by atoms with van der Waals surface area (Å²) in [6, 6.07) is 14.1. The summed E-state index contributed by atoms with van der Waals surface area (Å²) in [4.78, 5) is 25.1. The summed E-state index contributed by atoms with van der Waals surface area (Å²) in [7, 11) is 0. The Bertz CT molecular complexity index is 1210. The van der Waals surface area contributed by atoms with Crippen molar-refractivity contribution in [2.45, 2.75) is 20.3 Å². The third-order valence-corrected chi connectivity index (χ3v) is 6.62. The van der Waals surface area contributed by atoms with E-state index < -0.39 is 23.8 Å². The van der Waals surface area contributed by atoms with Crippen LogP contribution >= 0.6 is 0 Å². The number of aliphatic carboxylic acids is 1. The Labute approximate surface area is 168 Å². The van der Waals surface area contributed by atoms with Crippen LogP contribution in [0.25, 0.3) is 21.5 Å². The number of rotatable bonds is 3. The molecule has 4 atom stereocenters. The molecule has 2 aliphatic rings. The summed E-state index contributed by atoms with van der Waals surface area (Å²) in [6.07, 6.45) is 4.63. The highest BCUT2D eigenvalue weighted by molar-refractivity contribution is 6.08. The van der Waals surface area contributed by atoms with Gasteiger partial charge in [0, 0.05) is 10.8 Å². The van der Waals surface area contributed by atoms with Crippen molar-refractivity contribution in [2.24, 2.45) is 23.7 Å². The van der Waals surface area contributed by atoms with Gasteiger partial charge < -0.3 is 9.84 Å². The number of benzene rings is 3. The fourth-order valence-corrected chi connectivity index (χ4v) is 5.24. The van der Waals surface area contributed by atoms with Gasteiger partial charge in [-0.05, 0) is 60.1 Å². The van der Waals surface area contributed by atoms with Crippen molar-refractivity contribution in [3.8, 4) is 5.75 Å². The highest BCUT2D eigenvalue weighted by Crippen LogP contribution is 2.49. The molecule has 1 saturated carbocycles. The molecule has 146 valence electrons. The SMILES string of the molecule is Cc1cccc2c(OC(=O)C3C4C=CC(C4)C3C(=O)O)c3c(C)cccc3cc12. The first kappa shape index (κ1) is 17.9. The quantitative estimate of drug-likeness (QED) is 0.296. The van der Waals surface area contributed by atoms with Gasteiger partial charge in [-0.3, -0.25) is 9.59 Å². The lowest BCUT2D eigenvalue weighted by Crippen LogP contribution is -2.35. The van der Waals surface area contributed by atoms with Crippen molar-refractivity contribution >= 4 is 33.5 Å². The Morgan fingerprint density at radius 1 is 0.931 bits per heavy atom. The molecule has 3 aromatic rings. The summed E-state index contributed by atoms with van der Waals surface area (Å²) >= 11 is 0. The standard InChI is InChI=1S/C25H22O4/c1-13-5-4-8-18-19(13)12-15-7-3-6-14(2)20(15)23(18)29-25(28)22-17-10-9-16(11-17)21(22)24(26)27/h3-10,12,16-17,21-22H,11H2,1-2H3,(H,26,27). The normalized spacial score (nSPS) is 25.0. The fraction of sp³-hybridized carbons (Fsp3) is 0.280. The van der Waals surface area contributed by atoms with Crippen LogP contribution in [0.5, 0.6) is 5.75 Å². The lowest BCUT2D eigenvalue weighted by atomic mass is 9.83. The lowest BCUT2D eigenvalue weighted by Gasteiger charge is -2.24. The van der Waals surface area contributed by atoms with Crippen LogP contribution < -0.4 is 4.74 Å². The van der Waals surface area contributed by atoms with Crippen molar-refractivity contribution in [1.82, 2.24) is 0 Å². The maximum absolute atomic E-state index is 13.3. The van der Waals surface area contributed by atoms with Crippen LogP contribution in [0.15, 0.2) is 54.6 Å². The molecule has 5 rings (SSSR count). The molecule has 4 unspecified atom stereocenters. The second-order valence-electron chi connectivity index (χ2n) is 8.31. The number of carbonyl (C=O) groups excluding carboxylic acids is 1. The van der Waals surface area contributed by atoms with Gasteiger partial charge in [0.2, 0.25) is 0 Å². The van der Waals surface area contributed by atoms with Crippen molar-refractivity contribution in [2.75, 3.05) is 0 Å². The maximum Gasteiger partial charge on any atom is 0.315 e. The molecule has 2 aliphatic carbocycles. The summed E-state index contributed by atoms with van der Waals surface area (Å²) in [6.45, 7) is 4.04. The number of fused-ring (bicyclic) bond motifs is 4. The second-order valence-corrected chi connectivity index (χ2v) is 8.31. The maximum atomic E-state index is 13.3. The average Bonchev–Trinajstić information content (AvgIpc) is 3.30. The number of carbonyl (C=O) groups is 2. The molecule has 29 heavy (non-hydrogen) atoms. The number of aryl methyl sites for hydroxylation is 2. The number of hydrogen-bond acceptors (Lipinski definition) is 3. The zero-order valence-corrected chi connectivity index (χ0v) is 16.4. The molecular weight excluding hydrogens is 364 g/mol. The molecular formula is C25H22O4. The smallest absolute Gasteiger partial charge is 0.315 e. The largest absolute Gasteiger partial charge is 0.481 e. The summed E-state index contributed by atoms with van der Waals surface area (Å²) < 4.78 is 6.06. The highest BCUT2D eigenvalue weighted by atomic mass is 16.5. The predicted molar refractivity (Wildman–Crippen MR) is 112 cm³/mol. The zero-order chi connectivity index (χ0) is 20.3. The third-order valence-electron chi connectivity index (χ3n) is 6.62. The number of carboxylic acids is 1. The summed E-state index contributed by atoms with van der Waals surface area (Å²) in [5.74, 6) is -2.30. The van der Waals surface area contributed by atoms with Gasteiger partial charge in [0.1, 0.15) is 5.75 Å². The van der Waals surface area contributed by atoms with Crippen molar-refractivity contribution in [3.63, 3.8) is 0 Å². The van der Waals surface area contributed by atoms with Crippen molar-refractivity contribution in [1.29, 1.82) is 0 Å². The molecule has 0 spiro atoms. The van der Waals surface area contributed by atoms with Crippen LogP contribution in [-0.4, -0.2) is 17.0 Å². The molecule has 3 aromatic carbocycles. The molecule has 4 nitrogen and oxygen atoms in total. The Morgan fingerprint density at radius 2 is 1.62 bits per heavy atom. The Balaban J connectivity index is 1.66. The van der Waals surface area contributed by atoms with Gasteiger partial charge in [0.25, 0.3) is 0 Å². The first-order chi connectivity index (χ1) is 14.0. The van der Waals surface area contributed by atoms with E-state index in [0.29, 0.717) is 12.2 Å². The third kappa shape index (κ3) is 2.66. The van der Waals surface area contributed by atoms with Gasteiger partial charge >= 0.3 is 11.9 Å². The first-order valence-corrected chi connectivity index (χ1v) is 10.00. The van der Waals surface area contributed by atoms with Crippen molar-refractivity contribution in [3.05, 3.63) is 65.7 Å². The van der Waals surface area contributed by atoms with E-state index in [4.69, 9.17) is 4.74 Å². The van der Waals surface area contributed by atoms with E-state index >= 15 is 0 Å².